The van der Waals surface area contributed by atoms with Gasteiger partial charge in [0.25, 0.3) is 0 Å². The lowest BCUT2D eigenvalue weighted by Crippen LogP contribution is -1.96. The molecule has 2 rings (SSSR count). The van der Waals surface area contributed by atoms with E-state index in [0.717, 1.165) is 11.4 Å². The van der Waals surface area contributed by atoms with Gasteiger partial charge in [0, 0.05) is 12.7 Å². The molecule has 0 amide bonds. The summed E-state index contributed by atoms with van der Waals surface area (Å²) in [6, 6.07) is 11.7. The quantitative estimate of drug-likeness (QED) is 0.702. The van der Waals surface area contributed by atoms with E-state index in [2.05, 4.69) is 22.5 Å². The third-order valence-electron chi connectivity index (χ3n) is 2.60. The molecule has 1 heterocycles. The van der Waals surface area contributed by atoms with Crippen LogP contribution in [0.2, 0.25) is 5.02 Å². The maximum atomic E-state index is 6.01. The van der Waals surface area contributed by atoms with Gasteiger partial charge < -0.3 is 4.57 Å². The van der Waals surface area contributed by atoms with Crippen LogP contribution in [-0.2, 0) is 7.05 Å². The molecule has 1 aromatic carbocycles. The summed E-state index contributed by atoms with van der Waals surface area (Å²) in [5.41, 5.74) is 3.07. The minimum absolute atomic E-state index is 0.671. The van der Waals surface area contributed by atoms with Crippen LogP contribution in [-0.4, -0.2) is 10.8 Å². The van der Waals surface area contributed by atoms with Crippen molar-refractivity contribution in [1.29, 1.82) is 0 Å². The molecular formula is C13H13ClN2. The Morgan fingerprint density at radius 1 is 1.19 bits per heavy atom. The normalized spacial score (nSPS) is 11.2. The predicted octanol–water partition coefficient (Wildman–Crippen LogP) is 3.74. The van der Waals surface area contributed by atoms with Gasteiger partial charge in [0.2, 0.25) is 0 Å². The summed E-state index contributed by atoms with van der Waals surface area (Å²) < 4.78 is 2.08. The Morgan fingerprint density at radius 2 is 1.94 bits per heavy atom. The molecular weight excluding hydrogens is 220 g/mol. The lowest BCUT2D eigenvalue weighted by molar-refractivity contribution is 0.874. The zero-order valence-corrected chi connectivity index (χ0v) is 10.1. The molecule has 0 bridgehead atoms. The van der Waals surface area contributed by atoms with Gasteiger partial charge in [-0.2, -0.15) is 0 Å². The van der Waals surface area contributed by atoms with Crippen molar-refractivity contribution < 1.29 is 0 Å². The van der Waals surface area contributed by atoms with Crippen molar-refractivity contribution in [3.8, 4) is 0 Å². The number of hydrogen-bond acceptors (Lipinski definition) is 1. The van der Waals surface area contributed by atoms with Crippen molar-refractivity contribution in [2.24, 2.45) is 12.0 Å². The fourth-order valence-corrected chi connectivity index (χ4v) is 1.64. The molecule has 0 N–H and O–H groups in total. The van der Waals surface area contributed by atoms with Gasteiger partial charge in [-0.05, 0) is 31.2 Å². The molecule has 0 aliphatic heterocycles. The lowest BCUT2D eigenvalue weighted by atomic mass is 10.3. The van der Waals surface area contributed by atoms with Crippen LogP contribution in [0.4, 0.5) is 5.69 Å². The van der Waals surface area contributed by atoms with Crippen LogP contribution in [0.5, 0.6) is 0 Å². The zero-order chi connectivity index (χ0) is 11.5. The molecule has 82 valence electrons. The molecule has 0 spiro atoms. The fourth-order valence-electron chi connectivity index (χ4n) is 1.45. The topological polar surface area (TPSA) is 17.3 Å². The molecule has 3 heteroatoms. The first-order valence-corrected chi connectivity index (χ1v) is 5.47. The summed E-state index contributed by atoms with van der Waals surface area (Å²) in [4.78, 5) is 4.37. The van der Waals surface area contributed by atoms with Gasteiger partial charge in [0.05, 0.1) is 22.6 Å². The molecule has 0 saturated carbocycles. The van der Waals surface area contributed by atoms with Crippen LogP contribution in [0.25, 0.3) is 0 Å². The summed E-state index contributed by atoms with van der Waals surface area (Å²) in [5.74, 6) is 0. The third-order valence-corrected chi connectivity index (χ3v) is 2.92. The molecule has 0 fully saturated rings. The second kappa shape index (κ2) is 4.54. The van der Waals surface area contributed by atoms with Gasteiger partial charge in [0.1, 0.15) is 0 Å². The largest absolute Gasteiger partial charge is 0.347 e. The summed E-state index contributed by atoms with van der Waals surface area (Å²) in [5, 5.41) is 0.671. The van der Waals surface area contributed by atoms with E-state index in [4.69, 9.17) is 11.6 Å². The highest BCUT2D eigenvalue weighted by atomic mass is 35.5. The minimum Gasteiger partial charge on any atom is -0.347 e. The Kier molecular flexibility index (Phi) is 3.11. The number of hydrogen-bond donors (Lipinski definition) is 0. The molecule has 16 heavy (non-hydrogen) atoms. The number of aliphatic imine (C=N–C) groups is 1. The molecule has 0 aliphatic rings. The van der Waals surface area contributed by atoms with Crippen molar-refractivity contribution in [2.45, 2.75) is 6.92 Å². The standard InChI is InChI=1S/C13H13ClN2/c1-10-7-8-11(16(10)2)9-15-13-6-4-3-5-12(13)14/h3-9H,1-2H3. The maximum Gasteiger partial charge on any atom is 0.0816 e. The van der Waals surface area contributed by atoms with E-state index < -0.39 is 0 Å². The Labute approximate surface area is 100 Å². The van der Waals surface area contributed by atoms with E-state index in [1.807, 2.05) is 43.6 Å². The molecule has 2 nitrogen and oxygen atoms in total. The second-order valence-electron chi connectivity index (χ2n) is 3.67. The predicted molar refractivity (Wildman–Crippen MR) is 68.9 cm³/mol. The average Bonchev–Trinajstić information content (AvgIpc) is 2.59. The Hall–Kier alpha value is -1.54. The molecule has 0 aliphatic carbocycles. The molecule has 2 aromatic rings. The smallest absolute Gasteiger partial charge is 0.0816 e. The number of nitrogens with zero attached hydrogens (tertiary/aromatic N) is 2. The van der Waals surface area contributed by atoms with Crippen molar-refractivity contribution >= 4 is 23.5 Å². The van der Waals surface area contributed by atoms with Crippen LogP contribution < -0.4 is 0 Å². The lowest BCUT2D eigenvalue weighted by Gasteiger charge is -2.00. The van der Waals surface area contributed by atoms with E-state index in [1.165, 1.54) is 5.69 Å². The maximum absolute atomic E-state index is 6.01. The highest BCUT2D eigenvalue weighted by Crippen LogP contribution is 2.23. The number of benzene rings is 1. The van der Waals surface area contributed by atoms with Crippen molar-refractivity contribution in [3.63, 3.8) is 0 Å². The number of para-hydroxylation sites is 1. The average molecular weight is 233 g/mol. The van der Waals surface area contributed by atoms with Gasteiger partial charge in [-0.3, -0.25) is 4.99 Å². The van der Waals surface area contributed by atoms with E-state index in [0.29, 0.717) is 5.02 Å². The van der Waals surface area contributed by atoms with Crippen LogP contribution in [0.15, 0.2) is 41.4 Å². The van der Waals surface area contributed by atoms with Gasteiger partial charge in [-0.15, -0.1) is 0 Å². The van der Waals surface area contributed by atoms with Crippen molar-refractivity contribution in [3.05, 3.63) is 52.8 Å². The fraction of sp³-hybridized carbons (Fsp3) is 0.154. The first kappa shape index (κ1) is 11.0. The van der Waals surface area contributed by atoms with Gasteiger partial charge in [-0.25, -0.2) is 0 Å². The Bertz CT molecular complexity index is 526. The highest BCUT2D eigenvalue weighted by Gasteiger charge is 1.98. The van der Waals surface area contributed by atoms with E-state index in [1.54, 1.807) is 0 Å². The van der Waals surface area contributed by atoms with Gasteiger partial charge >= 0.3 is 0 Å². The first-order chi connectivity index (χ1) is 7.68. The number of halogens is 1. The van der Waals surface area contributed by atoms with Crippen molar-refractivity contribution in [1.82, 2.24) is 4.57 Å². The Morgan fingerprint density at radius 3 is 2.56 bits per heavy atom. The van der Waals surface area contributed by atoms with Gasteiger partial charge in [0.15, 0.2) is 0 Å². The molecule has 0 unspecified atom stereocenters. The SMILES string of the molecule is Cc1ccc(C=Nc2ccccc2Cl)n1C. The molecule has 0 radical (unpaired) electrons. The Balaban J connectivity index is 2.28. The third kappa shape index (κ3) is 2.17. The number of aromatic nitrogens is 1. The summed E-state index contributed by atoms with van der Waals surface area (Å²) >= 11 is 6.01. The number of aryl methyl sites for hydroxylation is 1. The van der Waals surface area contributed by atoms with Crippen LogP contribution >= 0.6 is 11.6 Å². The van der Waals surface area contributed by atoms with E-state index >= 15 is 0 Å². The van der Waals surface area contributed by atoms with Crippen LogP contribution in [0, 0.1) is 6.92 Å². The molecule has 1 aromatic heterocycles. The van der Waals surface area contributed by atoms with Crippen LogP contribution in [0.3, 0.4) is 0 Å². The first-order valence-electron chi connectivity index (χ1n) is 5.09. The number of rotatable bonds is 2. The summed E-state index contributed by atoms with van der Waals surface area (Å²) in [6.45, 7) is 2.06. The monoisotopic (exact) mass is 232 g/mol. The van der Waals surface area contributed by atoms with E-state index in [-0.39, 0.29) is 0 Å². The minimum atomic E-state index is 0.671. The molecule has 0 saturated heterocycles. The van der Waals surface area contributed by atoms with Crippen LogP contribution in [0.1, 0.15) is 11.4 Å². The molecule has 0 atom stereocenters. The second-order valence-corrected chi connectivity index (χ2v) is 4.08. The highest BCUT2D eigenvalue weighted by molar-refractivity contribution is 6.33. The summed E-state index contributed by atoms with van der Waals surface area (Å²) in [7, 11) is 2.02. The zero-order valence-electron chi connectivity index (χ0n) is 9.31. The van der Waals surface area contributed by atoms with E-state index in [9.17, 15) is 0 Å². The van der Waals surface area contributed by atoms with Crippen molar-refractivity contribution in [2.75, 3.05) is 0 Å². The van der Waals surface area contributed by atoms with Gasteiger partial charge in [-0.1, -0.05) is 23.7 Å². The summed E-state index contributed by atoms with van der Waals surface area (Å²) in [6.07, 6.45) is 1.83.